The van der Waals surface area contributed by atoms with Crippen molar-refractivity contribution in [1.29, 1.82) is 0 Å². The van der Waals surface area contributed by atoms with Crippen molar-refractivity contribution in [3.8, 4) is 0 Å². The molecule has 104 valence electrons. The maximum Gasteiger partial charge on any atom is 0.252 e. The second kappa shape index (κ2) is 6.78. The molecule has 0 saturated carbocycles. The maximum atomic E-state index is 11.7. The van der Waals surface area contributed by atoms with Gasteiger partial charge in [-0.3, -0.25) is 4.79 Å². The summed E-state index contributed by atoms with van der Waals surface area (Å²) in [6.07, 6.45) is 2.48. The normalized spacial score (nSPS) is 18.9. The van der Waals surface area contributed by atoms with E-state index in [0.29, 0.717) is 16.5 Å². The minimum atomic E-state index is -0.159. The van der Waals surface area contributed by atoms with Gasteiger partial charge in [-0.25, -0.2) is 0 Å². The molecule has 19 heavy (non-hydrogen) atoms. The molecule has 1 aromatic rings. The summed E-state index contributed by atoms with van der Waals surface area (Å²) in [4.78, 5) is 11.7. The first-order chi connectivity index (χ1) is 9.20. The summed E-state index contributed by atoms with van der Waals surface area (Å²) in [6, 6.07) is 5.47. The van der Waals surface area contributed by atoms with Crippen molar-refractivity contribution < 1.29 is 4.79 Å². The van der Waals surface area contributed by atoms with Crippen molar-refractivity contribution in [2.45, 2.75) is 12.8 Å². The SMILES string of the molecule is CNC(=O)c1cc(NCC2CCCNC2)ccc1Cl. The first kappa shape index (κ1) is 14.2. The van der Waals surface area contributed by atoms with Crippen LogP contribution in [-0.2, 0) is 0 Å². The molecule has 1 heterocycles. The lowest BCUT2D eigenvalue weighted by atomic mass is 9.99. The van der Waals surface area contributed by atoms with Crippen molar-refractivity contribution in [3.63, 3.8) is 0 Å². The first-order valence-electron chi connectivity index (χ1n) is 6.67. The average Bonchev–Trinajstić information content (AvgIpc) is 2.46. The summed E-state index contributed by atoms with van der Waals surface area (Å²) >= 11 is 6.02. The van der Waals surface area contributed by atoms with E-state index in [1.165, 1.54) is 12.8 Å². The largest absolute Gasteiger partial charge is 0.385 e. The predicted molar refractivity (Wildman–Crippen MR) is 78.9 cm³/mol. The van der Waals surface area contributed by atoms with Crippen LogP contribution in [0.1, 0.15) is 23.2 Å². The van der Waals surface area contributed by atoms with E-state index >= 15 is 0 Å². The summed E-state index contributed by atoms with van der Waals surface area (Å²) in [5, 5.41) is 9.85. The van der Waals surface area contributed by atoms with E-state index in [4.69, 9.17) is 11.6 Å². The second-order valence-electron chi connectivity index (χ2n) is 4.87. The molecule has 0 radical (unpaired) electrons. The number of benzene rings is 1. The maximum absolute atomic E-state index is 11.7. The monoisotopic (exact) mass is 281 g/mol. The Kier molecular flexibility index (Phi) is 5.05. The van der Waals surface area contributed by atoms with E-state index in [1.54, 1.807) is 19.2 Å². The quantitative estimate of drug-likeness (QED) is 0.792. The van der Waals surface area contributed by atoms with Gasteiger partial charge in [0.1, 0.15) is 0 Å². The van der Waals surface area contributed by atoms with Gasteiger partial charge in [-0.1, -0.05) is 11.6 Å². The number of halogens is 1. The van der Waals surface area contributed by atoms with Gasteiger partial charge in [0, 0.05) is 19.3 Å². The number of hydrogen-bond acceptors (Lipinski definition) is 3. The third-order valence-electron chi connectivity index (χ3n) is 3.43. The third kappa shape index (κ3) is 3.85. The van der Waals surface area contributed by atoms with Crippen molar-refractivity contribution in [3.05, 3.63) is 28.8 Å². The van der Waals surface area contributed by atoms with Crippen LogP contribution in [0.2, 0.25) is 5.02 Å². The highest BCUT2D eigenvalue weighted by atomic mass is 35.5. The van der Waals surface area contributed by atoms with Crippen LogP contribution < -0.4 is 16.0 Å². The Morgan fingerprint density at radius 1 is 1.53 bits per heavy atom. The summed E-state index contributed by atoms with van der Waals surface area (Å²) in [5.74, 6) is 0.487. The molecule has 1 aliphatic rings. The van der Waals surface area contributed by atoms with Crippen LogP contribution in [0.25, 0.3) is 0 Å². The molecule has 1 unspecified atom stereocenters. The molecular formula is C14H20ClN3O. The van der Waals surface area contributed by atoms with Crippen molar-refractivity contribution in [1.82, 2.24) is 10.6 Å². The Bertz CT molecular complexity index is 444. The van der Waals surface area contributed by atoms with Gasteiger partial charge in [-0.15, -0.1) is 0 Å². The number of rotatable bonds is 4. The van der Waals surface area contributed by atoms with Crippen LogP contribution in [0, 0.1) is 5.92 Å². The Morgan fingerprint density at radius 2 is 2.37 bits per heavy atom. The number of carbonyl (C=O) groups excluding carboxylic acids is 1. The van der Waals surface area contributed by atoms with Gasteiger partial charge in [0.15, 0.2) is 0 Å². The van der Waals surface area contributed by atoms with Gasteiger partial charge in [-0.2, -0.15) is 0 Å². The molecule has 3 N–H and O–H groups in total. The summed E-state index contributed by atoms with van der Waals surface area (Å²) < 4.78 is 0. The van der Waals surface area contributed by atoms with Crippen LogP contribution in [-0.4, -0.2) is 32.6 Å². The van der Waals surface area contributed by atoms with Crippen LogP contribution in [0.5, 0.6) is 0 Å². The van der Waals surface area contributed by atoms with E-state index in [-0.39, 0.29) is 5.91 Å². The first-order valence-corrected chi connectivity index (χ1v) is 7.04. The highest BCUT2D eigenvalue weighted by molar-refractivity contribution is 6.34. The summed E-state index contributed by atoms with van der Waals surface area (Å²) in [6.45, 7) is 3.10. The number of piperidine rings is 1. The van der Waals surface area contributed by atoms with E-state index in [2.05, 4.69) is 16.0 Å². The molecule has 0 spiro atoms. The lowest BCUT2D eigenvalue weighted by Crippen LogP contribution is -2.33. The summed E-state index contributed by atoms with van der Waals surface area (Å²) in [5.41, 5.74) is 1.45. The highest BCUT2D eigenvalue weighted by Crippen LogP contribution is 2.21. The molecule has 5 heteroatoms. The smallest absolute Gasteiger partial charge is 0.252 e. The van der Waals surface area contributed by atoms with Gasteiger partial charge in [-0.05, 0) is 50.0 Å². The van der Waals surface area contributed by atoms with E-state index in [0.717, 1.165) is 25.3 Å². The van der Waals surface area contributed by atoms with Crippen LogP contribution >= 0.6 is 11.6 Å². The van der Waals surface area contributed by atoms with Gasteiger partial charge in [0.25, 0.3) is 5.91 Å². The fraction of sp³-hybridized carbons (Fsp3) is 0.500. The third-order valence-corrected chi connectivity index (χ3v) is 3.76. The Morgan fingerprint density at radius 3 is 3.05 bits per heavy atom. The molecule has 0 aromatic heterocycles. The number of amides is 1. The van der Waals surface area contributed by atoms with Crippen molar-refractivity contribution in [2.75, 3.05) is 32.0 Å². The fourth-order valence-corrected chi connectivity index (χ4v) is 2.51. The standard InChI is InChI=1S/C14H20ClN3O/c1-16-14(19)12-7-11(4-5-13(12)15)18-9-10-3-2-6-17-8-10/h4-5,7,10,17-18H,2-3,6,8-9H2,1H3,(H,16,19). The van der Waals surface area contributed by atoms with E-state index < -0.39 is 0 Å². The Balaban J connectivity index is 1.98. The molecule has 1 aliphatic heterocycles. The van der Waals surface area contributed by atoms with E-state index in [9.17, 15) is 4.79 Å². The van der Waals surface area contributed by atoms with Gasteiger partial charge in [0.05, 0.1) is 10.6 Å². The molecule has 4 nitrogen and oxygen atoms in total. The molecular weight excluding hydrogens is 262 g/mol. The molecule has 1 amide bonds. The molecule has 2 rings (SSSR count). The predicted octanol–water partition coefficient (Wildman–Crippen LogP) is 2.11. The zero-order valence-corrected chi connectivity index (χ0v) is 11.9. The lowest BCUT2D eigenvalue weighted by Gasteiger charge is -2.23. The topological polar surface area (TPSA) is 53.2 Å². The van der Waals surface area contributed by atoms with Crippen molar-refractivity contribution >= 4 is 23.2 Å². The second-order valence-corrected chi connectivity index (χ2v) is 5.27. The number of hydrogen-bond donors (Lipinski definition) is 3. The zero-order valence-electron chi connectivity index (χ0n) is 11.1. The summed E-state index contributed by atoms with van der Waals surface area (Å²) in [7, 11) is 1.60. The van der Waals surface area contributed by atoms with Crippen LogP contribution in [0.15, 0.2) is 18.2 Å². The van der Waals surface area contributed by atoms with Gasteiger partial charge in [0.2, 0.25) is 0 Å². The van der Waals surface area contributed by atoms with Crippen LogP contribution in [0.3, 0.4) is 0 Å². The van der Waals surface area contributed by atoms with Gasteiger partial charge < -0.3 is 16.0 Å². The number of anilines is 1. The number of nitrogens with one attached hydrogen (secondary N) is 3. The van der Waals surface area contributed by atoms with Gasteiger partial charge >= 0.3 is 0 Å². The molecule has 1 atom stereocenters. The number of carbonyl (C=O) groups is 1. The highest BCUT2D eigenvalue weighted by Gasteiger charge is 2.13. The molecule has 1 aromatic carbocycles. The van der Waals surface area contributed by atoms with E-state index in [1.807, 2.05) is 6.07 Å². The molecule has 0 aliphatic carbocycles. The molecule has 0 bridgehead atoms. The minimum Gasteiger partial charge on any atom is -0.385 e. The lowest BCUT2D eigenvalue weighted by molar-refractivity contribution is 0.0963. The Hall–Kier alpha value is -1.26. The fourth-order valence-electron chi connectivity index (χ4n) is 2.30. The zero-order chi connectivity index (χ0) is 13.7. The molecule has 1 saturated heterocycles. The minimum absolute atomic E-state index is 0.159. The van der Waals surface area contributed by atoms with Crippen molar-refractivity contribution in [2.24, 2.45) is 5.92 Å². The molecule has 1 fully saturated rings. The van der Waals surface area contributed by atoms with Crippen LogP contribution in [0.4, 0.5) is 5.69 Å². The Labute approximate surface area is 118 Å². The average molecular weight is 282 g/mol.